The second kappa shape index (κ2) is 30.4. The van der Waals surface area contributed by atoms with E-state index >= 15 is 0 Å². The van der Waals surface area contributed by atoms with Crippen molar-refractivity contribution in [1.29, 1.82) is 0 Å². The molecule has 0 atom stereocenters. The molecule has 78 valence electrons. The molecule has 1 rings (SSSR count). The van der Waals surface area contributed by atoms with E-state index in [2.05, 4.69) is 18.8 Å². The molecule has 0 unspecified atom stereocenters. The summed E-state index contributed by atoms with van der Waals surface area (Å²) in [5, 5.41) is 0. The number of rotatable bonds is 0. The average Bonchev–Trinajstić information content (AvgIpc) is 2.27. The number of pyridine rings is 1. The third-order valence-electron chi connectivity index (χ3n) is 0.566. The number of hydrogen-bond donors (Lipinski definition) is 0. The van der Waals surface area contributed by atoms with Gasteiger partial charge in [-0.15, -0.1) is 0 Å². The van der Waals surface area contributed by atoms with Gasteiger partial charge in [-0.05, 0) is 12.1 Å². The molecule has 0 saturated heterocycles. The maximum absolute atomic E-state index is 3.78. The summed E-state index contributed by atoms with van der Waals surface area (Å²) in [6.45, 7) is 12.2. The Balaban J connectivity index is -0.000000124. The first-order chi connectivity index (χ1) is 6.41. The van der Waals surface area contributed by atoms with Crippen LogP contribution in [0.5, 0.6) is 0 Å². The first-order valence-electron chi connectivity index (χ1n) is 5.26. The number of nitrogens with zero attached hydrogens (tertiary/aromatic N) is 1. The Labute approximate surface area is 84.2 Å². The van der Waals surface area contributed by atoms with Crippen LogP contribution in [0.1, 0.15) is 48.0 Å². The van der Waals surface area contributed by atoms with E-state index in [1.165, 1.54) is 6.42 Å². The fraction of sp³-hybridized carbons (Fsp3) is 0.583. The summed E-state index contributed by atoms with van der Waals surface area (Å²) in [4.78, 5) is 3.78. The van der Waals surface area contributed by atoms with Gasteiger partial charge < -0.3 is 0 Å². The molecule has 0 fully saturated rings. The first-order valence-corrected chi connectivity index (χ1v) is 5.26. The molecule has 0 amide bonds. The standard InChI is InChI=1S/C5H5N.C3H8.2C2H6/c1-2-4-6-5-3-1;1-3-2;2*1-2/h1-5H;3H2,1-2H3;2*1-2H3. The van der Waals surface area contributed by atoms with E-state index in [0.717, 1.165) is 0 Å². The molecular weight excluding hydrogens is 158 g/mol. The van der Waals surface area contributed by atoms with Crippen molar-refractivity contribution < 1.29 is 0 Å². The van der Waals surface area contributed by atoms with Crippen LogP contribution in [-0.4, -0.2) is 4.98 Å². The highest BCUT2D eigenvalue weighted by Gasteiger charge is 1.58. The summed E-state index contributed by atoms with van der Waals surface area (Å²) in [6.07, 6.45) is 4.75. The van der Waals surface area contributed by atoms with E-state index in [1.807, 2.05) is 45.9 Å². The van der Waals surface area contributed by atoms with Gasteiger partial charge in [0.05, 0.1) is 0 Å². The molecule has 0 spiro atoms. The molecule has 0 aromatic carbocycles. The second-order valence-electron chi connectivity index (χ2n) is 1.73. The Morgan fingerprint density at radius 3 is 1.15 bits per heavy atom. The van der Waals surface area contributed by atoms with Gasteiger partial charge in [-0.2, -0.15) is 0 Å². The van der Waals surface area contributed by atoms with Crippen molar-refractivity contribution in [2.45, 2.75) is 48.0 Å². The van der Waals surface area contributed by atoms with Crippen LogP contribution in [0.2, 0.25) is 0 Å². The molecule has 1 aromatic heterocycles. The van der Waals surface area contributed by atoms with Crippen molar-refractivity contribution in [2.24, 2.45) is 0 Å². The fourth-order valence-electron chi connectivity index (χ4n) is 0.313. The third-order valence-corrected chi connectivity index (χ3v) is 0.566. The number of aromatic nitrogens is 1. The van der Waals surface area contributed by atoms with Crippen LogP contribution in [0.3, 0.4) is 0 Å². The summed E-state index contributed by atoms with van der Waals surface area (Å²) in [7, 11) is 0. The van der Waals surface area contributed by atoms with Crippen LogP contribution in [0.25, 0.3) is 0 Å². The lowest BCUT2D eigenvalue weighted by Crippen LogP contribution is -1.58. The van der Waals surface area contributed by atoms with E-state index in [9.17, 15) is 0 Å². The summed E-state index contributed by atoms with van der Waals surface area (Å²) in [5.41, 5.74) is 0. The van der Waals surface area contributed by atoms with Crippen LogP contribution in [-0.2, 0) is 0 Å². The lowest BCUT2D eigenvalue weighted by atomic mass is 10.5. The highest BCUT2D eigenvalue weighted by molar-refractivity contribution is 4.88. The van der Waals surface area contributed by atoms with Crippen molar-refractivity contribution in [3.63, 3.8) is 0 Å². The zero-order valence-electron chi connectivity index (χ0n) is 10.0. The van der Waals surface area contributed by atoms with Crippen LogP contribution < -0.4 is 0 Å². The normalized spacial score (nSPS) is 6.00. The van der Waals surface area contributed by atoms with Crippen LogP contribution in [0.15, 0.2) is 30.6 Å². The molecule has 0 saturated carbocycles. The van der Waals surface area contributed by atoms with Crippen LogP contribution in [0.4, 0.5) is 0 Å². The number of hydrogen-bond acceptors (Lipinski definition) is 1. The summed E-state index contributed by atoms with van der Waals surface area (Å²) in [6, 6.07) is 5.72. The van der Waals surface area contributed by atoms with E-state index in [4.69, 9.17) is 0 Å². The minimum atomic E-state index is 1.25. The molecule has 0 N–H and O–H groups in total. The van der Waals surface area contributed by atoms with Crippen molar-refractivity contribution in [3.8, 4) is 0 Å². The third kappa shape index (κ3) is 35.2. The molecule has 1 nitrogen and oxygen atoms in total. The molecule has 0 aliphatic carbocycles. The lowest BCUT2D eigenvalue weighted by Gasteiger charge is -1.70. The molecule has 1 aromatic rings. The topological polar surface area (TPSA) is 12.9 Å². The quantitative estimate of drug-likeness (QED) is 0.575. The van der Waals surface area contributed by atoms with E-state index < -0.39 is 0 Å². The smallest absolute Gasteiger partial charge is 0.0267 e. The Morgan fingerprint density at radius 1 is 0.769 bits per heavy atom. The predicted octanol–water partition coefficient (Wildman–Crippen LogP) is 4.55. The summed E-state index contributed by atoms with van der Waals surface area (Å²) in [5.74, 6) is 0. The molecule has 1 heterocycles. The highest BCUT2D eigenvalue weighted by Crippen LogP contribution is 1.73. The van der Waals surface area contributed by atoms with Gasteiger partial charge in [0.2, 0.25) is 0 Å². The Morgan fingerprint density at radius 2 is 1.08 bits per heavy atom. The monoisotopic (exact) mass is 183 g/mol. The van der Waals surface area contributed by atoms with Crippen molar-refractivity contribution in [3.05, 3.63) is 30.6 Å². The van der Waals surface area contributed by atoms with Gasteiger partial charge in [0.1, 0.15) is 0 Å². The van der Waals surface area contributed by atoms with Crippen LogP contribution in [0, 0.1) is 0 Å². The first kappa shape index (κ1) is 18.0. The molecule has 0 aliphatic heterocycles. The molecule has 0 radical (unpaired) electrons. The maximum Gasteiger partial charge on any atom is 0.0267 e. The van der Waals surface area contributed by atoms with Gasteiger partial charge in [0.15, 0.2) is 0 Å². The van der Waals surface area contributed by atoms with Gasteiger partial charge in [0, 0.05) is 12.4 Å². The van der Waals surface area contributed by atoms with Gasteiger partial charge in [0.25, 0.3) is 0 Å². The van der Waals surface area contributed by atoms with Crippen LogP contribution >= 0.6 is 0 Å². The summed E-state index contributed by atoms with van der Waals surface area (Å²) >= 11 is 0. The average molecular weight is 183 g/mol. The SMILES string of the molecule is CC.CC.CCC.c1ccncc1. The largest absolute Gasteiger partial charge is 0.265 e. The van der Waals surface area contributed by atoms with Crippen molar-refractivity contribution in [1.82, 2.24) is 4.98 Å². The summed E-state index contributed by atoms with van der Waals surface area (Å²) < 4.78 is 0. The minimum absolute atomic E-state index is 1.25. The zero-order valence-corrected chi connectivity index (χ0v) is 10.0. The van der Waals surface area contributed by atoms with Crippen molar-refractivity contribution >= 4 is 0 Å². The lowest BCUT2D eigenvalue weighted by molar-refractivity contribution is 1.09. The molecule has 0 bridgehead atoms. The van der Waals surface area contributed by atoms with Gasteiger partial charge in [-0.3, -0.25) is 4.98 Å². The van der Waals surface area contributed by atoms with E-state index in [0.29, 0.717) is 0 Å². The van der Waals surface area contributed by atoms with E-state index in [-0.39, 0.29) is 0 Å². The Bertz CT molecular complexity index is 88.0. The predicted molar refractivity (Wildman–Crippen MR) is 62.9 cm³/mol. The molecule has 13 heavy (non-hydrogen) atoms. The Hall–Kier alpha value is -0.850. The fourth-order valence-corrected chi connectivity index (χ4v) is 0.313. The van der Waals surface area contributed by atoms with E-state index in [1.54, 1.807) is 12.4 Å². The molecule has 1 heteroatoms. The molecular formula is C12H25N. The second-order valence-corrected chi connectivity index (χ2v) is 1.73. The van der Waals surface area contributed by atoms with Crippen molar-refractivity contribution in [2.75, 3.05) is 0 Å². The van der Waals surface area contributed by atoms with Gasteiger partial charge >= 0.3 is 0 Å². The van der Waals surface area contributed by atoms with Gasteiger partial charge in [-0.1, -0.05) is 54.0 Å². The minimum Gasteiger partial charge on any atom is -0.265 e. The zero-order chi connectivity index (χ0) is 10.9. The maximum atomic E-state index is 3.78. The Kier molecular flexibility index (Phi) is 42.1. The molecule has 0 aliphatic rings. The van der Waals surface area contributed by atoms with Gasteiger partial charge in [-0.25, -0.2) is 0 Å². The highest BCUT2D eigenvalue weighted by atomic mass is 14.6.